The van der Waals surface area contributed by atoms with E-state index in [-0.39, 0.29) is 22.9 Å². The molecule has 0 N–H and O–H groups in total. The van der Waals surface area contributed by atoms with Crippen molar-refractivity contribution >= 4 is 11.8 Å². The van der Waals surface area contributed by atoms with Crippen molar-refractivity contribution in [3.05, 3.63) is 0 Å². The lowest BCUT2D eigenvalue weighted by Gasteiger charge is -2.59. The maximum absolute atomic E-state index is 14.0. The summed E-state index contributed by atoms with van der Waals surface area (Å²) in [7, 11) is 0. The van der Waals surface area contributed by atoms with Crippen LogP contribution in [0.5, 0.6) is 0 Å². The van der Waals surface area contributed by atoms with Gasteiger partial charge in [-0.2, -0.15) is 0 Å². The van der Waals surface area contributed by atoms with Gasteiger partial charge in [0, 0.05) is 25.2 Å². The molecule has 8 saturated carbocycles. The predicted molar refractivity (Wildman–Crippen MR) is 124 cm³/mol. The molecule has 2 atom stereocenters. The average Bonchev–Trinajstić information content (AvgIpc) is 2.72. The summed E-state index contributed by atoms with van der Waals surface area (Å²) in [6.45, 7) is 5.92. The number of nitrogens with zero attached hydrogens (tertiary/aromatic N) is 2. The zero-order valence-electron chi connectivity index (χ0n) is 20.2. The fourth-order valence-electron chi connectivity index (χ4n) is 11.0. The first kappa shape index (κ1) is 20.3. The van der Waals surface area contributed by atoms with Crippen LogP contribution in [0.15, 0.2) is 0 Å². The van der Waals surface area contributed by atoms with E-state index in [1.807, 2.05) is 0 Å². The first-order valence-corrected chi connectivity index (χ1v) is 13.9. The lowest BCUT2D eigenvalue weighted by molar-refractivity contribution is -0.172. The first-order valence-electron chi connectivity index (χ1n) is 13.9. The van der Waals surface area contributed by atoms with Gasteiger partial charge in [0.1, 0.15) is 0 Å². The van der Waals surface area contributed by atoms with Gasteiger partial charge in [0.15, 0.2) is 0 Å². The Morgan fingerprint density at radius 1 is 0.531 bits per heavy atom. The van der Waals surface area contributed by atoms with E-state index in [9.17, 15) is 9.59 Å². The third kappa shape index (κ3) is 2.86. The van der Waals surface area contributed by atoms with Gasteiger partial charge in [0.2, 0.25) is 11.8 Å². The number of carbonyl (C=O) groups excluding carboxylic acids is 2. The largest absolute Gasteiger partial charge is 0.336 e. The Bertz CT molecular complexity index is 695. The molecule has 176 valence electrons. The van der Waals surface area contributed by atoms with E-state index >= 15 is 0 Å². The fraction of sp³-hybridized carbons (Fsp3) is 0.929. The maximum atomic E-state index is 14.0. The fourth-order valence-corrected chi connectivity index (χ4v) is 11.0. The summed E-state index contributed by atoms with van der Waals surface area (Å²) in [5.74, 6) is 5.73. The molecule has 9 rings (SSSR count). The van der Waals surface area contributed by atoms with Gasteiger partial charge in [-0.3, -0.25) is 9.59 Å². The Kier molecular flexibility index (Phi) is 4.29. The van der Waals surface area contributed by atoms with Crippen molar-refractivity contribution in [3.8, 4) is 0 Å². The Morgan fingerprint density at radius 2 is 0.781 bits per heavy atom. The van der Waals surface area contributed by atoms with Gasteiger partial charge < -0.3 is 9.80 Å². The van der Waals surface area contributed by atoms with Crippen LogP contribution in [0.25, 0.3) is 0 Å². The molecule has 1 saturated heterocycles. The molecule has 4 nitrogen and oxygen atoms in total. The second-order valence-electron chi connectivity index (χ2n) is 14.0. The van der Waals surface area contributed by atoms with E-state index in [0.717, 1.165) is 87.1 Å². The standard InChI is InChI=1S/C28H42N2O2/c1-17-15-30(26(32)28-12-22-6-23(13-28)8-24(7-22)14-28)18(2)16-29(17)25(31)27-9-19-3-20(10-27)5-21(4-19)11-27/h17-24H,3-16H2,1-2H3/t17-,18-,19?,20?,21?,22?,23?,24?,27?,28?/m0/s1. The summed E-state index contributed by atoms with van der Waals surface area (Å²) < 4.78 is 0. The van der Waals surface area contributed by atoms with Crippen molar-refractivity contribution < 1.29 is 9.59 Å². The van der Waals surface area contributed by atoms with E-state index in [1.54, 1.807) is 0 Å². The third-order valence-corrected chi connectivity index (χ3v) is 11.5. The molecule has 1 aliphatic heterocycles. The van der Waals surface area contributed by atoms with E-state index in [0.29, 0.717) is 11.8 Å². The Hall–Kier alpha value is -1.06. The van der Waals surface area contributed by atoms with E-state index in [4.69, 9.17) is 0 Å². The minimum Gasteiger partial charge on any atom is -0.336 e. The average molecular weight is 439 g/mol. The first-order chi connectivity index (χ1) is 15.3. The van der Waals surface area contributed by atoms with E-state index in [2.05, 4.69) is 23.6 Å². The molecule has 9 fully saturated rings. The third-order valence-electron chi connectivity index (χ3n) is 11.5. The smallest absolute Gasteiger partial charge is 0.229 e. The van der Waals surface area contributed by atoms with Crippen molar-refractivity contribution in [2.45, 2.75) is 103 Å². The summed E-state index contributed by atoms with van der Waals surface area (Å²) >= 11 is 0. The molecule has 9 aliphatic rings. The van der Waals surface area contributed by atoms with Gasteiger partial charge >= 0.3 is 0 Å². The summed E-state index contributed by atoms with van der Waals surface area (Å²) in [5, 5.41) is 0. The van der Waals surface area contributed by atoms with Gasteiger partial charge in [0.05, 0.1) is 10.8 Å². The summed E-state index contributed by atoms with van der Waals surface area (Å²) in [4.78, 5) is 32.5. The topological polar surface area (TPSA) is 40.6 Å². The Balaban J connectivity index is 1.09. The highest BCUT2D eigenvalue weighted by molar-refractivity contribution is 5.86. The molecule has 8 aliphatic carbocycles. The number of carbonyl (C=O) groups is 2. The minimum absolute atomic E-state index is 0.0607. The van der Waals surface area contributed by atoms with E-state index in [1.165, 1.54) is 38.5 Å². The van der Waals surface area contributed by atoms with Crippen molar-refractivity contribution in [3.63, 3.8) is 0 Å². The highest BCUT2D eigenvalue weighted by Crippen LogP contribution is 2.62. The summed E-state index contributed by atoms with van der Waals surface area (Å²) in [6, 6.07) is 0.314. The van der Waals surface area contributed by atoms with Crippen LogP contribution in [0.3, 0.4) is 0 Å². The van der Waals surface area contributed by atoms with Crippen molar-refractivity contribution in [1.29, 1.82) is 0 Å². The Labute approximate surface area is 193 Å². The van der Waals surface area contributed by atoms with Crippen molar-refractivity contribution in [2.24, 2.45) is 46.3 Å². The zero-order valence-corrected chi connectivity index (χ0v) is 20.2. The zero-order chi connectivity index (χ0) is 21.8. The van der Waals surface area contributed by atoms with Crippen LogP contribution in [-0.2, 0) is 9.59 Å². The summed E-state index contributed by atoms with van der Waals surface area (Å²) in [5.41, 5.74) is -0.121. The number of rotatable bonds is 2. The van der Waals surface area contributed by atoms with Crippen LogP contribution in [0, 0.1) is 46.3 Å². The molecule has 8 bridgehead atoms. The minimum atomic E-state index is -0.0607. The monoisotopic (exact) mass is 438 g/mol. The molecule has 4 heteroatoms. The number of hydrogen-bond acceptors (Lipinski definition) is 2. The normalized spacial score (nSPS) is 53.2. The molecule has 0 radical (unpaired) electrons. The second kappa shape index (κ2) is 6.75. The SMILES string of the molecule is C[C@H]1CN(C(=O)C23CC4CC(CC(C4)C2)C3)[C@@H](C)CN1C(=O)C12CC3CC(CC(C3)C1)C2. The Morgan fingerprint density at radius 3 is 1.03 bits per heavy atom. The lowest BCUT2D eigenvalue weighted by Crippen LogP contribution is -2.66. The predicted octanol–water partition coefficient (Wildman–Crippen LogP) is 4.87. The quantitative estimate of drug-likeness (QED) is 0.617. The number of hydrogen-bond donors (Lipinski definition) is 0. The van der Waals surface area contributed by atoms with Crippen LogP contribution >= 0.6 is 0 Å². The molecule has 1 heterocycles. The molecule has 0 aromatic rings. The van der Waals surface area contributed by atoms with Crippen LogP contribution in [0.2, 0.25) is 0 Å². The second-order valence-corrected chi connectivity index (χ2v) is 14.0. The van der Waals surface area contributed by atoms with Crippen molar-refractivity contribution in [1.82, 2.24) is 9.80 Å². The molecular formula is C28H42N2O2. The van der Waals surface area contributed by atoms with Gasteiger partial charge in [-0.05, 0) is 126 Å². The lowest BCUT2D eigenvalue weighted by atomic mass is 9.49. The van der Waals surface area contributed by atoms with Gasteiger partial charge in [-0.1, -0.05) is 0 Å². The van der Waals surface area contributed by atoms with Crippen LogP contribution in [0.4, 0.5) is 0 Å². The molecule has 0 aromatic carbocycles. The highest BCUT2D eigenvalue weighted by atomic mass is 16.2. The number of piperazine rings is 1. The molecule has 0 unspecified atom stereocenters. The molecule has 2 amide bonds. The molecule has 32 heavy (non-hydrogen) atoms. The van der Waals surface area contributed by atoms with Gasteiger partial charge in [-0.15, -0.1) is 0 Å². The van der Waals surface area contributed by atoms with Gasteiger partial charge in [0.25, 0.3) is 0 Å². The molecular weight excluding hydrogens is 396 g/mol. The van der Waals surface area contributed by atoms with Crippen molar-refractivity contribution in [2.75, 3.05) is 13.1 Å². The maximum Gasteiger partial charge on any atom is 0.229 e. The van der Waals surface area contributed by atoms with Crippen LogP contribution in [0.1, 0.15) is 90.9 Å². The van der Waals surface area contributed by atoms with Crippen LogP contribution in [-0.4, -0.2) is 46.8 Å². The van der Waals surface area contributed by atoms with Gasteiger partial charge in [-0.25, -0.2) is 0 Å². The van der Waals surface area contributed by atoms with E-state index < -0.39 is 0 Å². The summed E-state index contributed by atoms with van der Waals surface area (Å²) in [6.07, 6.45) is 15.1. The molecule has 0 spiro atoms. The molecule has 0 aromatic heterocycles. The van der Waals surface area contributed by atoms with Crippen LogP contribution < -0.4 is 0 Å². The number of amides is 2. The highest BCUT2D eigenvalue weighted by Gasteiger charge is 2.58.